The average molecular weight is 392 g/mol. The first kappa shape index (κ1) is 18.5. The first-order valence-corrected chi connectivity index (χ1v) is 8.07. The van der Waals surface area contributed by atoms with Crippen LogP contribution in [-0.4, -0.2) is 15.5 Å². The highest BCUT2D eigenvalue weighted by Crippen LogP contribution is 2.19. The molecule has 0 saturated heterocycles. The van der Waals surface area contributed by atoms with Crippen LogP contribution in [0.3, 0.4) is 0 Å². The van der Waals surface area contributed by atoms with E-state index in [4.69, 9.17) is 11.6 Å². The van der Waals surface area contributed by atoms with Gasteiger partial charge in [0.25, 0.3) is 11.5 Å². The molecule has 9 heteroatoms. The van der Waals surface area contributed by atoms with Gasteiger partial charge in [0.15, 0.2) is 0 Å². The Morgan fingerprint density at radius 3 is 2.56 bits per heavy atom. The van der Waals surface area contributed by atoms with E-state index < -0.39 is 34.4 Å². The second-order valence-electron chi connectivity index (χ2n) is 5.57. The number of carbonyl (C=O) groups excluding carboxylic acids is 1. The molecule has 0 spiro atoms. The fourth-order valence-corrected chi connectivity index (χ4v) is 2.55. The quantitative estimate of drug-likeness (QED) is 0.717. The molecule has 0 aliphatic rings. The number of amides is 1. The highest BCUT2D eigenvalue weighted by Gasteiger charge is 2.17. The van der Waals surface area contributed by atoms with Crippen molar-refractivity contribution in [3.8, 4) is 0 Å². The van der Waals surface area contributed by atoms with Crippen LogP contribution in [0, 0.1) is 11.6 Å². The lowest BCUT2D eigenvalue weighted by molar-refractivity contribution is 0.102. The van der Waals surface area contributed by atoms with Gasteiger partial charge in [-0.2, -0.15) is 0 Å². The van der Waals surface area contributed by atoms with Crippen molar-refractivity contribution in [2.45, 2.75) is 6.54 Å². The summed E-state index contributed by atoms with van der Waals surface area (Å²) in [4.78, 5) is 39.1. The van der Waals surface area contributed by atoms with Gasteiger partial charge in [-0.1, -0.05) is 29.8 Å². The Balaban J connectivity index is 1.95. The predicted molar refractivity (Wildman–Crippen MR) is 96.2 cm³/mol. The molecule has 138 valence electrons. The molecule has 27 heavy (non-hydrogen) atoms. The van der Waals surface area contributed by atoms with Gasteiger partial charge in [-0.15, -0.1) is 0 Å². The largest absolute Gasteiger partial charge is 0.328 e. The summed E-state index contributed by atoms with van der Waals surface area (Å²) in [6, 6.07) is 9.22. The molecule has 1 amide bonds. The van der Waals surface area contributed by atoms with Crippen LogP contribution in [0.5, 0.6) is 0 Å². The summed E-state index contributed by atoms with van der Waals surface area (Å²) < 4.78 is 28.3. The number of rotatable bonds is 4. The molecule has 6 nitrogen and oxygen atoms in total. The van der Waals surface area contributed by atoms with E-state index in [0.717, 1.165) is 12.3 Å². The molecule has 0 aliphatic heterocycles. The standard InChI is InChI=1S/C18H12ClF2N3O3/c19-11-5-6-15(14(21)7-11)23-16(25)12-8-22-18(27)24(17(12)26)9-10-3-1-2-4-13(10)20/h1-8H,9H2,(H,22,27)(H,23,25). The van der Waals surface area contributed by atoms with Gasteiger partial charge in [-0.3, -0.25) is 14.2 Å². The molecule has 0 unspecified atom stereocenters. The minimum Gasteiger partial charge on any atom is -0.319 e. The number of nitrogens with one attached hydrogen (secondary N) is 2. The Labute approximate surface area is 156 Å². The number of nitrogens with zero attached hydrogens (tertiary/aromatic N) is 1. The fraction of sp³-hybridized carbons (Fsp3) is 0.0556. The minimum atomic E-state index is -0.936. The van der Waals surface area contributed by atoms with Crippen LogP contribution in [0.2, 0.25) is 5.02 Å². The van der Waals surface area contributed by atoms with E-state index in [1.807, 2.05) is 0 Å². The van der Waals surface area contributed by atoms with Crippen LogP contribution >= 0.6 is 11.6 Å². The normalized spacial score (nSPS) is 10.6. The van der Waals surface area contributed by atoms with Gasteiger partial charge in [-0.25, -0.2) is 13.6 Å². The van der Waals surface area contributed by atoms with Crippen molar-refractivity contribution >= 4 is 23.2 Å². The smallest absolute Gasteiger partial charge is 0.319 e. The van der Waals surface area contributed by atoms with Crippen molar-refractivity contribution in [1.82, 2.24) is 9.55 Å². The Bertz CT molecular complexity index is 1140. The highest BCUT2D eigenvalue weighted by molar-refractivity contribution is 6.30. The van der Waals surface area contributed by atoms with E-state index in [-0.39, 0.29) is 22.8 Å². The zero-order valence-corrected chi connectivity index (χ0v) is 14.4. The summed E-state index contributed by atoms with van der Waals surface area (Å²) in [7, 11) is 0. The molecule has 3 rings (SSSR count). The third-order valence-corrected chi connectivity index (χ3v) is 4.01. The number of hydrogen-bond donors (Lipinski definition) is 2. The Morgan fingerprint density at radius 2 is 1.85 bits per heavy atom. The third kappa shape index (κ3) is 3.95. The summed E-state index contributed by atoms with van der Waals surface area (Å²) >= 11 is 5.65. The second kappa shape index (κ2) is 7.55. The molecule has 0 aliphatic carbocycles. The van der Waals surface area contributed by atoms with E-state index in [9.17, 15) is 23.2 Å². The average Bonchev–Trinajstić information content (AvgIpc) is 2.62. The number of anilines is 1. The zero-order chi connectivity index (χ0) is 19.6. The predicted octanol–water partition coefficient (Wildman–Crippen LogP) is 2.77. The zero-order valence-electron chi connectivity index (χ0n) is 13.6. The Kier molecular flexibility index (Phi) is 5.18. The van der Waals surface area contributed by atoms with Crippen LogP contribution in [-0.2, 0) is 6.54 Å². The molecule has 1 heterocycles. The fourth-order valence-electron chi connectivity index (χ4n) is 2.39. The van der Waals surface area contributed by atoms with Crippen molar-refractivity contribution in [2.75, 3.05) is 5.32 Å². The van der Waals surface area contributed by atoms with Crippen LogP contribution in [0.1, 0.15) is 15.9 Å². The van der Waals surface area contributed by atoms with Gasteiger partial charge >= 0.3 is 5.69 Å². The molecular weight excluding hydrogens is 380 g/mol. The van der Waals surface area contributed by atoms with E-state index in [0.29, 0.717) is 4.57 Å². The molecule has 2 aromatic carbocycles. The lowest BCUT2D eigenvalue weighted by atomic mass is 10.2. The number of H-pyrrole nitrogens is 1. The molecule has 3 aromatic rings. The van der Waals surface area contributed by atoms with Crippen molar-refractivity contribution in [3.63, 3.8) is 0 Å². The SMILES string of the molecule is O=C(Nc1ccc(Cl)cc1F)c1c[nH]c(=O)n(Cc2ccccc2F)c1=O. The molecule has 0 atom stereocenters. The minimum absolute atomic E-state index is 0.103. The maximum absolute atomic E-state index is 13.8. The first-order valence-electron chi connectivity index (χ1n) is 7.69. The van der Waals surface area contributed by atoms with Gasteiger partial charge in [0.2, 0.25) is 0 Å². The van der Waals surface area contributed by atoms with E-state index in [1.165, 1.54) is 30.3 Å². The van der Waals surface area contributed by atoms with Gasteiger partial charge in [0, 0.05) is 16.8 Å². The first-order chi connectivity index (χ1) is 12.9. The molecule has 0 saturated carbocycles. The lowest BCUT2D eigenvalue weighted by Gasteiger charge is -2.09. The number of hydrogen-bond acceptors (Lipinski definition) is 3. The summed E-state index contributed by atoms with van der Waals surface area (Å²) in [5.74, 6) is -2.31. The number of aromatic amines is 1. The van der Waals surface area contributed by atoms with E-state index >= 15 is 0 Å². The van der Waals surface area contributed by atoms with E-state index in [1.54, 1.807) is 6.07 Å². The highest BCUT2D eigenvalue weighted by atomic mass is 35.5. The number of aromatic nitrogens is 2. The van der Waals surface area contributed by atoms with Crippen molar-refractivity contribution < 1.29 is 13.6 Å². The maximum Gasteiger partial charge on any atom is 0.328 e. The molecule has 0 radical (unpaired) electrons. The van der Waals surface area contributed by atoms with Gasteiger partial charge < -0.3 is 10.3 Å². The molecule has 2 N–H and O–H groups in total. The topological polar surface area (TPSA) is 84.0 Å². The van der Waals surface area contributed by atoms with Crippen molar-refractivity contribution in [2.24, 2.45) is 0 Å². The van der Waals surface area contributed by atoms with Crippen LogP contribution in [0.25, 0.3) is 0 Å². The molecule has 0 fully saturated rings. The summed E-state index contributed by atoms with van der Waals surface area (Å²) in [5.41, 5.74) is -2.26. The van der Waals surface area contributed by atoms with Crippen molar-refractivity contribution in [3.05, 3.63) is 97.3 Å². The van der Waals surface area contributed by atoms with Gasteiger partial charge in [-0.05, 0) is 24.3 Å². The van der Waals surface area contributed by atoms with Crippen molar-refractivity contribution in [1.29, 1.82) is 0 Å². The van der Waals surface area contributed by atoms with Gasteiger partial charge in [0.1, 0.15) is 17.2 Å². The maximum atomic E-state index is 13.8. The third-order valence-electron chi connectivity index (χ3n) is 3.77. The summed E-state index contributed by atoms with van der Waals surface area (Å²) in [6.07, 6.45) is 0.922. The van der Waals surface area contributed by atoms with Crippen LogP contribution in [0.4, 0.5) is 14.5 Å². The Morgan fingerprint density at radius 1 is 1.11 bits per heavy atom. The van der Waals surface area contributed by atoms with E-state index in [2.05, 4.69) is 10.3 Å². The number of halogens is 3. The summed E-state index contributed by atoms with van der Waals surface area (Å²) in [6.45, 7) is -0.364. The Hall–Kier alpha value is -3.26. The second-order valence-corrected chi connectivity index (χ2v) is 6.00. The summed E-state index contributed by atoms with van der Waals surface area (Å²) in [5, 5.41) is 2.37. The molecule has 1 aromatic heterocycles. The van der Waals surface area contributed by atoms with Crippen LogP contribution in [0.15, 0.2) is 58.3 Å². The molecular formula is C18H12ClF2N3O3. The number of benzene rings is 2. The molecule has 0 bridgehead atoms. The number of carbonyl (C=O) groups is 1. The van der Waals surface area contributed by atoms with Crippen LogP contribution < -0.4 is 16.6 Å². The lowest BCUT2D eigenvalue weighted by Crippen LogP contribution is -2.39. The van der Waals surface area contributed by atoms with Gasteiger partial charge in [0.05, 0.1) is 12.2 Å². The monoisotopic (exact) mass is 391 g/mol.